The molecule has 6 nitrogen and oxygen atoms in total. The summed E-state index contributed by atoms with van der Waals surface area (Å²) in [6, 6.07) is 0. The Morgan fingerprint density at radius 1 is 1.00 bits per heavy atom. The minimum Gasteiger partial charge on any atom is -0.445 e. The number of carbonyl (C=O) groups excluding carboxylic acids is 2. The summed E-state index contributed by atoms with van der Waals surface area (Å²) in [5.41, 5.74) is -2.32. The summed E-state index contributed by atoms with van der Waals surface area (Å²) >= 11 is 9.85. The van der Waals surface area contributed by atoms with Gasteiger partial charge in [0.25, 0.3) is 0 Å². The molecule has 0 aromatic heterocycles. The molecule has 15 heavy (non-hydrogen) atoms. The molecule has 0 aromatic carbocycles. The second kappa shape index (κ2) is 4.54. The minimum absolute atomic E-state index is 0.430. The SMILES string of the molecule is O=C(Cl)O[C@@H]1CS(=O)(=O)C[C@H]1OC(=O)Cl. The fraction of sp³-hybridized carbons (Fsp3) is 0.667. The molecular weight excluding hydrogens is 271 g/mol. The number of halogens is 2. The predicted octanol–water partition coefficient (Wildman–Crippen LogP) is 0.903. The zero-order valence-electron chi connectivity index (χ0n) is 7.18. The fourth-order valence-corrected chi connectivity index (χ4v) is 3.17. The highest BCUT2D eigenvalue weighted by Gasteiger charge is 2.42. The van der Waals surface area contributed by atoms with E-state index < -0.39 is 44.4 Å². The van der Waals surface area contributed by atoms with Gasteiger partial charge in [0.15, 0.2) is 22.0 Å². The van der Waals surface area contributed by atoms with E-state index in [4.69, 9.17) is 23.2 Å². The number of hydrogen-bond donors (Lipinski definition) is 0. The molecule has 2 atom stereocenters. The van der Waals surface area contributed by atoms with Gasteiger partial charge in [-0.05, 0) is 0 Å². The normalized spacial score (nSPS) is 28.4. The van der Waals surface area contributed by atoms with Crippen molar-refractivity contribution in [3.05, 3.63) is 0 Å². The van der Waals surface area contributed by atoms with Crippen LogP contribution < -0.4 is 0 Å². The number of rotatable bonds is 2. The minimum atomic E-state index is -3.41. The van der Waals surface area contributed by atoms with Crippen LogP contribution in [0.15, 0.2) is 0 Å². The molecule has 0 amide bonds. The smallest absolute Gasteiger partial charge is 0.404 e. The number of carbonyl (C=O) groups is 2. The quantitative estimate of drug-likeness (QED) is 0.697. The Balaban J connectivity index is 2.74. The van der Waals surface area contributed by atoms with E-state index in [1.54, 1.807) is 0 Å². The van der Waals surface area contributed by atoms with E-state index >= 15 is 0 Å². The Kier molecular flexibility index (Phi) is 3.80. The summed E-state index contributed by atoms with van der Waals surface area (Å²) < 4.78 is 31.2. The van der Waals surface area contributed by atoms with Gasteiger partial charge in [-0.15, -0.1) is 0 Å². The Morgan fingerprint density at radius 2 is 1.33 bits per heavy atom. The van der Waals surface area contributed by atoms with E-state index in [0.29, 0.717) is 0 Å². The summed E-state index contributed by atoms with van der Waals surface area (Å²) in [5, 5.41) is 0. The average Bonchev–Trinajstić information content (AvgIpc) is 2.22. The van der Waals surface area contributed by atoms with E-state index in [0.717, 1.165) is 0 Å². The summed E-state index contributed by atoms with van der Waals surface area (Å²) in [6.45, 7) is 0. The predicted molar refractivity (Wildman–Crippen MR) is 50.9 cm³/mol. The molecule has 0 bridgehead atoms. The topological polar surface area (TPSA) is 86.7 Å². The lowest BCUT2D eigenvalue weighted by Crippen LogP contribution is -2.31. The molecule has 0 spiro atoms. The molecular formula is C6H6Cl2O6S. The van der Waals surface area contributed by atoms with Gasteiger partial charge in [-0.3, -0.25) is 0 Å². The van der Waals surface area contributed by atoms with Crippen molar-refractivity contribution in [2.45, 2.75) is 12.2 Å². The van der Waals surface area contributed by atoms with Gasteiger partial charge in [0.2, 0.25) is 0 Å². The monoisotopic (exact) mass is 276 g/mol. The van der Waals surface area contributed by atoms with Gasteiger partial charge in [0.1, 0.15) is 0 Å². The first-order valence-electron chi connectivity index (χ1n) is 3.73. The van der Waals surface area contributed by atoms with Crippen molar-refractivity contribution >= 4 is 43.9 Å². The molecule has 0 saturated carbocycles. The van der Waals surface area contributed by atoms with Crippen LogP contribution in [-0.4, -0.2) is 43.0 Å². The molecule has 1 fully saturated rings. The first-order valence-corrected chi connectivity index (χ1v) is 6.30. The summed E-state index contributed by atoms with van der Waals surface area (Å²) in [4.78, 5) is 20.8. The molecule has 0 aliphatic carbocycles. The highest BCUT2D eigenvalue weighted by molar-refractivity contribution is 7.91. The molecule has 0 N–H and O–H groups in total. The molecule has 1 rings (SSSR count). The van der Waals surface area contributed by atoms with Crippen molar-refractivity contribution in [1.82, 2.24) is 0 Å². The van der Waals surface area contributed by atoms with Crippen LogP contribution >= 0.6 is 23.2 Å². The maximum atomic E-state index is 11.1. The van der Waals surface area contributed by atoms with Gasteiger partial charge in [-0.2, -0.15) is 0 Å². The van der Waals surface area contributed by atoms with E-state index in [1.165, 1.54) is 0 Å². The van der Waals surface area contributed by atoms with Crippen molar-refractivity contribution < 1.29 is 27.5 Å². The van der Waals surface area contributed by atoms with Crippen LogP contribution in [0.4, 0.5) is 9.59 Å². The van der Waals surface area contributed by atoms with Crippen molar-refractivity contribution in [2.75, 3.05) is 11.5 Å². The van der Waals surface area contributed by atoms with E-state index in [2.05, 4.69) is 9.47 Å². The number of ether oxygens (including phenoxy) is 2. The molecule has 0 radical (unpaired) electrons. The standard InChI is InChI=1S/C6H6Cl2O6S/c7-5(9)13-3-1-15(11,12)2-4(3)14-6(8)10/h3-4H,1-2H2/t3-,4-/m1/s1. The third-order valence-corrected chi connectivity index (χ3v) is 3.59. The van der Waals surface area contributed by atoms with Crippen molar-refractivity contribution in [3.8, 4) is 0 Å². The van der Waals surface area contributed by atoms with E-state index in [1.807, 2.05) is 0 Å². The van der Waals surface area contributed by atoms with Crippen LogP contribution in [-0.2, 0) is 19.3 Å². The summed E-state index contributed by atoms with van der Waals surface area (Å²) in [7, 11) is -3.41. The van der Waals surface area contributed by atoms with E-state index in [-0.39, 0.29) is 0 Å². The van der Waals surface area contributed by atoms with Gasteiger partial charge in [-0.25, -0.2) is 18.0 Å². The van der Waals surface area contributed by atoms with Crippen LogP contribution in [0.2, 0.25) is 0 Å². The van der Waals surface area contributed by atoms with Crippen molar-refractivity contribution in [3.63, 3.8) is 0 Å². The molecule has 0 unspecified atom stereocenters. The third kappa shape index (κ3) is 3.84. The van der Waals surface area contributed by atoms with Crippen LogP contribution in [0.1, 0.15) is 0 Å². The molecule has 1 saturated heterocycles. The zero-order chi connectivity index (χ0) is 11.6. The Morgan fingerprint density at radius 3 is 1.60 bits per heavy atom. The number of sulfone groups is 1. The highest BCUT2D eigenvalue weighted by Crippen LogP contribution is 2.20. The van der Waals surface area contributed by atoms with Gasteiger partial charge < -0.3 is 9.47 Å². The Labute approximate surface area is 95.3 Å². The maximum absolute atomic E-state index is 11.1. The molecule has 1 aliphatic rings. The zero-order valence-corrected chi connectivity index (χ0v) is 9.51. The van der Waals surface area contributed by atoms with Crippen molar-refractivity contribution in [2.24, 2.45) is 0 Å². The lowest BCUT2D eigenvalue weighted by molar-refractivity contribution is 0.0365. The largest absolute Gasteiger partial charge is 0.445 e. The molecule has 0 aromatic rings. The fourth-order valence-electron chi connectivity index (χ4n) is 1.24. The van der Waals surface area contributed by atoms with Crippen LogP contribution in [0, 0.1) is 0 Å². The molecule has 1 aliphatic heterocycles. The third-order valence-electron chi connectivity index (χ3n) is 1.74. The second-order valence-corrected chi connectivity index (χ2v) is 5.64. The lowest BCUT2D eigenvalue weighted by atomic mass is 10.2. The van der Waals surface area contributed by atoms with Gasteiger partial charge in [0.05, 0.1) is 11.5 Å². The highest BCUT2D eigenvalue weighted by atomic mass is 35.5. The summed E-state index contributed by atoms with van der Waals surface area (Å²) in [6.07, 6.45) is -2.19. The average molecular weight is 277 g/mol. The van der Waals surface area contributed by atoms with Crippen LogP contribution in [0.3, 0.4) is 0 Å². The Bertz CT molecular complexity index is 347. The van der Waals surface area contributed by atoms with Crippen molar-refractivity contribution in [1.29, 1.82) is 0 Å². The van der Waals surface area contributed by atoms with E-state index in [9.17, 15) is 18.0 Å². The number of hydrogen-bond acceptors (Lipinski definition) is 6. The van der Waals surface area contributed by atoms with Gasteiger partial charge in [-0.1, -0.05) is 0 Å². The van der Waals surface area contributed by atoms with Crippen LogP contribution in [0.5, 0.6) is 0 Å². The first kappa shape index (κ1) is 12.5. The van der Waals surface area contributed by atoms with Gasteiger partial charge >= 0.3 is 10.9 Å². The lowest BCUT2D eigenvalue weighted by Gasteiger charge is -2.15. The molecule has 9 heteroatoms. The van der Waals surface area contributed by atoms with Crippen LogP contribution in [0.25, 0.3) is 0 Å². The van der Waals surface area contributed by atoms with Gasteiger partial charge in [0, 0.05) is 23.2 Å². The summed E-state index contributed by atoms with van der Waals surface area (Å²) in [5.74, 6) is -0.861. The molecule has 1 heterocycles. The maximum Gasteiger partial charge on any atom is 0.404 e. The first-order chi connectivity index (χ1) is 6.80. The Hall–Kier alpha value is -0.530. The molecule has 86 valence electrons. The second-order valence-electron chi connectivity index (χ2n) is 2.86.